The first-order valence-electron chi connectivity index (χ1n) is 9.95. The highest BCUT2D eigenvalue weighted by Crippen LogP contribution is 2.37. The van der Waals surface area contributed by atoms with E-state index in [1.165, 1.54) is 17.4 Å². The molecule has 0 unspecified atom stereocenters. The van der Waals surface area contributed by atoms with Crippen molar-refractivity contribution < 1.29 is 22.3 Å². The van der Waals surface area contributed by atoms with Crippen molar-refractivity contribution in [3.63, 3.8) is 0 Å². The van der Waals surface area contributed by atoms with E-state index in [1.807, 2.05) is 23.6 Å². The Bertz CT molecular complexity index is 1220. The van der Waals surface area contributed by atoms with Crippen molar-refractivity contribution in [1.29, 1.82) is 0 Å². The van der Waals surface area contributed by atoms with Crippen LogP contribution >= 0.6 is 22.9 Å². The molecule has 1 fully saturated rings. The molecule has 6 nitrogen and oxygen atoms in total. The van der Waals surface area contributed by atoms with Crippen LogP contribution in [0, 0.1) is 5.82 Å². The number of anilines is 1. The molecule has 0 N–H and O–H groups in total. The number of piperidine rings is 1. The largest absolute Gasteiger partial charge is 0.497 e. The van der Waals surface area contributed by atoms with Crippen LogP contribution in [-0.4, -0.2) is 46.0 Å². The van der Waals surface area contributed by atoms with Gasteiger partial charge in [-0.2, -0.15) is 0 Å². The molecule has 0 saturated carbocycles. The lowest BCUT2D eigenvalue weighted by Crippen LogP contribution is -2.39. The van der Waals surface area contributed by atoms with Crippen molar-refractivity contribution in [1.82, 2.24) is 4.98 Å². The highest BCUT2D eigenvalue weighted by Gasteiger charge is 2.33. The van der Waals surface area contributed by atoms with Gasteiger partial charge in [0.2, 0.25) is 0 Å². The first kappa shape index (κ1) is 22.8. The molecule has 4 rings (SSSR count). The van der Waals surface area contributed by atoms with E-state index < -0.39 is 20.9 Å². The van der Waals surface area contributed by atoms with Crippen LogP contribution in [0.5, 0.6) is 11.5 Å². The minimum absolute atomic E-state index is 0.0133. The fraction of sp³-hybridized carbons (Fsp3) is 0.318. The first-order chi connectivity index (χ1) is 15.3. The number of sulfone groups is 1. The normalized spacial score (nSPS) is 15.1. The van der Waals surface area contributed by atoms with Crippen LogP contribution in [0.2, 0.25) is 5.02 Å². The van der Waals surface area contributed by atoms with E-state index in [1.54, 1.807) is 14.2 Å². The molecule has 0 amide bonds. The predicted molar refractivity (Wildman–Crippen MR) is 124 cm³/mol. The molecule has 10 heteroatoms. The zero-order valence-electron chi connectivity index (χ0n) is 17.5. The van der Waals surface area contributed by atoms with Crippen LogP contribution < -0.4 is 14.4 Å². The van der Waals surface area contributed by atoms with E-state index >= 15 is 0 Å². The Morgan fingerprint density at radius 1 is 1.12 bits per heavy atom. The van der Waals surface area contributed by atoms with Crippen molar-refractivity contribution in [2.75, 3.05) is 32.2 Å². The van der Waals surface area contributed by atoms with E-state index in [-0.39, 0.29) is 9.92 Å². The number of benzene rings is 2. The third-order valence-electron chi connectivity index (χ3n) is 5.53. The van der Waals surface area contributed by atoms with Gasteiger partial charge in [-0.1, -0.05) is 11.6 Å². The molecule has 170 valence electrons. The molecule has 0 bridgehead atoms. The van der Waals surface area contributed by atoms with Crippen LogP contribution in [0.4, 0.5) is 9.52 Å². The monoisotopic (exact) mass is 496 g/mol. The second kappa shape index (κ2) is 9.25. The van der Waals surface area contributed by atoms with Gasteiger partial charge in [0, 0.05) is 24.0 Å². The number of hydrogen-bond acceptors (Lipinski definition) is 7. The van der Waals surface area contributed by atoms with Crippen LogP contribution in [0.15, 0.2) is 46.7 Å². The van der Waals surface area contributed by atoms with Gasteiger partial charge >= 0.3 is 0 Å². The summed E-state index contributed by atoms with van der Waals surface area (Å²) in [6, 6.07) is 8.95. The van der Waals surface area contributed by atoms with Gasteiger partial charge in [-0.05, 0) is 49.2 Å². The number of ether oxygens (including phenoxy) is 2. The molecule has 0 atom stereocenters. The Morgan fingerprint density at radius 3 is 2.53 bits per heavy atom. The molecular formula is C22H22ClFN2O4S2. The van der Waals surface area contributed by atoms with E-state index in [0.717, 1.165) is 28.5 Å². The molecule has 0 aliphatic carbocycles. The number of nitrogens with zero attached hydrogens (tertiary/aromatic N) is 2. The van der Waals surface area contributed by atoms with Crippen LogP contribution in [0.1, 0.15) is 12.8 Å². The summed E-state index contributed by atoms with van der Waals surface area (Å²) >= 11 is 7.51. The lowest BCUT2D eigenvalue weighted by Gasteiger charge is -2.31. The number of halogens is 2. The highest BCUT2D eigenvalue weighted by atomic mass is 35.5. The summed E-state index contributed by atoms with van der Waals surface area (Å²) in [5.41, 5.74) is 1.60. The second-order valence-electron chi connectivity index (χ2n) is 7.39. The number of methoxy groups -OCH3 is 2. The summed E-state index contributed by atoms with van der Waals surface area (Å²) in [6.07, 6.45) is 0.876. The van der Waals surface area contributed by atoms with Gasteiger partial charge in [0.1, 0.15) is 17.3 Å². The average Bonchev–Trinajstić information content (AvgIpc) is 3.28. The Hall–Kier alpha value is -2.36. The second-order valence-corrected chi connectivity index (χ2v) is 10.8. The number of rotatable bonds is 6. The number of hydrogen-bond donors (Lipinski definition) is 0. The molecule has 1 aliphatic rings. The van der Waals surface area contributed by atoms with Crippen LogP contribution in [-0.2, 0) is 9.84 Å². The fourth-order valence-corrected chi connectivity index (χ4v) is 6.94. The topological polar surface area (TPSA) is 68.7 Å². The van der Waals surface area contributed by atoms with Crippen molar-refractivity contribution in [2.45, 2.75) is 23.0 Å². The molecule has 2 aromatic carbocycles. The summed E-state index contributed by atoms with van der Waals surface area (Å²) in [7, 11) is -0.427. The third-order valence-corrected chi connectivity index (χ3v) is 9.17. The maximum atomic E-state index is 13.3. The standard InChI is InChI=1S/C22H22ClFN2O4S2/c1-29-15-4-5-20(30-2)17(12-15)19-13-31-22(25-19)26-9-7-16(8-10-26)32(27,28)21-6-3-14(24)11-18(21)23/h3-6,11-13,16H,7-10H2,1-2H3. The summed E-state index contributed by atoms with van der Waals surface area (Å²) < 4.78 is 50.1. The van der Waals surface area contributed by atoms with E-state index in [9.17, 15) is 12.8 Å². The van der Waals surface area contributed by atoms with E-state index in [0.29, 0.717) is 37.4 Å². The Balaban J connectivity index is 1.50. The molecular weight excluding hydrogens is 475 g/mol. The molecule has 3 aromatic rings. The van der Waals surface area contributed by atoms with Crippen molar-refractivity contribution >= 4 is 37.9 Å². The first-order valence-corrected chi connectivity index (χ1v) is 12.8. The highest BCUT2D eigenvalue weighted by molar-refractivity contribution is 7.92. The van der Waals surface area contributed by atoms with Gasteiger partial charge < -0.3 is 14.4 Å². The summed E-state index contributed by atoms with van der Waals surface area (Å²) in [6.45, 7) is 1.09. The minimum Gasteiger partial charge on any atom is -0.497 e. The molecule has 1 saturated heterocycles. The third kappa shape index (κ3) is 4.42. The molecule has 0 radical (unpaired) electrons. The van der Waals surface area contributed by atoms with Crippen molar-refractivity contribution in [3.8, 4) is 22.8 Å². The Kier molecular flexibility index (Phi) is 6.60. The summed E-state index contributed by atoms with van der Waals surface area (Å²) in [4.78, 5) is 6.82. The number of thiazole rings is 1. The van der Waals surface area contributed by atoms with Gasteiger partial charge in [-0.15, -0.1) is 11.3 Å². The molecule has 1 aromatic heterocycles. The molecule has 1 aliphatic heterocycles. The lowest BCUT2D eigenvalue weighted by molar-refractivity contribution is 0.404. The zero-order chi connectivity index (χ0) is 22.9. The van der Waals surface area contributed by atoms with Crippen molar-refractivity contribution in [2.24, 2.45) is 0 Å². The van der Waals surface area contributed by atoms with Crippen LogP contribution in [0.25, 0.3) is 11.3 Å². The maximum Gasteiger partial charge on any atom is 0.185 e. The Morgan fingerprint density at radius 2 is 1.88 bits per heavy atom. The van der Waals surface area contributed by atoms with Gasteiger partial charge in [-0.25, -0.2) is 17.8 Å². The van der Waals surface area contributed by atoms with E-state index in [4.69, 9.17) is 26.1 Å². The van der Waals surface area contributed by atoms with Gasteiger partial charge in [0.15, 0.2) is 15.0 Å². The average molecular weight is 497 g/mol. The van der Waals surface area contributed by atoms with E-state index in [2.05, 4.69) is 4.90 Å². The minimum atomic E-state index is -3.64. The van der Waals surface area contributed by atoms with Crippen LogP contribution in [0.3, 0.4) is 0 Å². The number of aromatic nitrogens is 1. The zero-order valence-corrected chi connectivity index (χ0v) is 19.9. The van der Waals surface area contributed by atoms with Gasteiger partial charge in [0.25, 0.3) is 0 Å². The molecule has 32 heavy (non-hydrogen) atoms. The maximum absolute atomic E-state index is 13.3. The fourth-order valence-electron chi connectivity index (χ4n) is 3.79. The van der Waals surface area contributed by atoms with Crippen molar-refractivity contribution in [3.05, 3.63) is 52.6 Å². The van der Waals surface area contributed by atoms with Gasteiger partial charge in [-0.3, -0.25) is 0 Å². The quantitative estimate of drug-likeness (QED) is 0.444. The smallest absolute Gasteiger partial charge is 0.185 e. The molecule has 2 heterocycles. The summed E-state index contributed by atoms with van der Waals surface area (Å²) in [5.74, 6) is 0.848. The Labute approximate surface area is 195 Å². The summed E-state index contributed by atoms with van der Waals surface area (Å²) in [5, 5.41) is 2.12. The predicted octanol–water partition coefficient (Wildman–Crippen LogP) is 5.06. The van der Waals surface area contributed by atoms with Gasteiger partial charge in [0.05, 0.1) is 35.1 Å². The SMILES string of the molecule is COc1ccc(OC)c(-c2csc(N3CCC(S(=O)(=O)c4ccc(F)cc4Cl)CC3)n2)c1. The lowest BCUT2D eigenvalue weighted by atomic mass is 10.1. The molecule has 0 spiro atoms.